The van der Waals surface area contributed by atoms with E-state index < -0.39 is 5.60 Å². The molecule has 24 heavy (non-hydrogen) atoms. The summed E-state index contributed by atoms with van der Waals surface area (Å²) in [5, 5.41) is 3.11. The number of guanidine groups is 1. The molecular weight excluding hydrogens is 302 g/mol. The number of carbonyl (C=O) groups excluding carboxylic acids is 1. The smallest absolute Gasteiger partial charge is 0.306 e. The molecule has 0 bridgehead atoms. The summed E-state index contributed by atoms with van der Waals surface area (Å²) in [7, 11) is 0. The molecule has 0 heterocycles. The van der Waals surface area contributed by atoms with Crippen LogP contribution in [0.3, 0.4) is 0 Å². The van der Waals surface area contributed by atoms with Crippen molar-refractivity contribution in [3.05, 3.63) is 29.3 Å². The number of ether oxygens (including phenoxy) is 1. The van der Waals surface area contributed by atoms with Crippen molar-refractivity contribution in [2.24, 2.45) is 10.7 Å². The van der Waals surface area contributed by atoms with E-state index in [9.17, 15) is 4.79 Å². The van der Waals surface area contributed by atoms with Gasteiger partial charge in [0.25, 0.3) is 0 Å². The van der Waals surface area contributed by atoms with Gasteiger partial charge in [0.2, 0.25) is 0 Å². The molecule has 0 radical (unpaired) electrons. The minimum Gasteiger partial charge on any atom is -0.460 e. The van der Waals surface area contributed by atoms with Crippen molar-refractivity contribution >= 4 is 17.6 Å². The van der Waals surface area contributed by atoms with Gasteiger partial charge in [-0.05, 0) is 70.7 Å². The van der Waals surface area contributed by atoms with Crippen molar-refractivity contribution in [1.82, 2.24) is 0 Å². The van der Waals surface area contributed by atoms with Gasteiger partial charge in [0, 0.05) is 18.7 Å². The molecule has 1 rings (SSSR count). The zero-order valence-electron chi connectivity index (χ0n) is 15.6. The van der Waals surface area contributed by atoms with Crippen molar-refractivity contribution in [2.45, 2.75) is 65.9 Å². The van der Waals surface area contributed by atoms with E-state index in [1.807, 2.05) is 32.9 Å². The Bertz CT molecular complexity index is 554. The van der Waals surface area contributed by atoms with Crippen molar-refractivity contribution in [1.29, 1.82) is 0 Å². The van der Waals surface area contributed by atoms with Crippen LogP contribution in [0.4, 0.5) is 5.69 Å². The number of nitrogens with zero attached hydrogens (tertiary/aromatic N) is 1. The molecule has 0 saturated carbocycles. The number of nitrogens with two attached hydrogens (primary N) is 1. The number of unbranched alkanes of at least 4 members (excludes halogenated alkanes) is 2. The minimum atomic E-state index is -0.407. The summed E-state index contributed by atoms with van der Waals surface area (Å²) >= 11 is 0. The second-order valence-electron chi connectivity index (χ2n) is 7.17. The van der Waals surface area contributed by atoms with Crippen LogP contribution in [0.5, 0.6) is 0 Å². The Morgan fingerprint density at radius 3 is 2.33 bits per heavy atom. The molecule has 1 aromatic rings. The first kappa shape index (κ1) is 20.0. The molecule has 0 spiro atoms. The number of aryl methyl sites for hydroxylation is 2. The molecule has 0 amide bonds. The van der Waals surface area contributed by atoms with Crippen molar-refractivity contribution in [2.75, 3.05) is 11.9 Å². The zero-order valence-corrected chi connectivity index (χ0v) is 15.6. The summed E-state index contributed by atoms with van der Waals surface area (Å²) in [6.07, 6.45) is 3.10. The fourth-order valence-corrected chi connectivity index (χ4v) is 2.38. The summed E-state index contributed by atoms with van der Waals surface area (Å²) in [5.41, 5.74) is 8.83. The Morgan fingerprint density at radius 1 is 1.12 bits per heavy atom. The molecule has 0 aliphatic carbocycles. The van der Waals surface area contributed by atoms with Crippen LogP contribution >= 0.6 is 0 Å². The number of rotatable bonds is 7. The van der Waals surface area contributed by atoms with E-state index in [2.05, 4.69) is 30.2 Å². The van der Waals surface area contributed by atoms with Crippen LogP contribution in [0, 0.1) is 13.8 Å². The molecular formula is C19H31N3O2. The molecule has 0 aromatic heterocycles. The van der Waals surface area contributed by atoms with Gasteiger partial charge < -0.3 is 15.8 Å². The van der Waals surface area contributed by atoms with E-state index in [4.69, 9.17) is 10.5 Å². The van der Waals surface area contributed by atoms with Gasteiger partial charge in [-0.25, -0.2) is 0 Å². The van der Waals surface area contributed by atoms with Crippen molar-refractivity contribution in [3.8, 4) is 0 Å². The predicted octanol–water partition coefficient (Wildman–Crippen LogP) is 3.93. The SMILES string of the molecule is Cc1cc(C)cc(NC(N)=NCCCCCC(=O)OC(C)(C)C)c1. The average Bonchev–Trinajstić information content (AvgIpc) is 2.39. The van der Waals surface area contributed by atoms with Crippen LogP contribution in [0.15, 0.2) is 23.2 Å². The molecule has 0 saturated heterocycles. The van der Waals surface area contributed by atoms with Crippen LogP contribution in [0.2, 0.25) is 0 Å². The summed E-state index contributed by atoms with van der Waals surface area (Å²) in [5.74, 6) is 0.286. The lowest BCUT2D eigenvalue weighted by molar-refractivity contribution is -0.154. The van der Waals surface area contributed by atoms with Gasteiger partial charge in [-0.2, -0.15) is 0 Å². The number of esters is 1. The third kappa shape index (κ3) is 9.18. The Kier molecular flexibility index (Phi) is 7.75. The van der Waals surface area contributed by atoms with Gasteiger partial charge in [0.15, 0.2) is 5.96 Å². The van der Waals surface area contributed by atoms with Gasteiger partial charge in [0.05, 0.1) is 0 Å². The van der Waals surface area contributed by atoms with Gasteiger partial charge in [-0.1, -0.05) is 12.5 Å². The third-order valence-electron chi connectivity index (χ3n) is 3.24. The second kappa shape index (κ2) is 9.30. The minimum absolute atomic E-state index is 0.137. The van der Waals surface area contributed by atoms with E-state index in [1.54, 1.807) is 0 Å². The van der Waals surface area contributed by atoms with Crippen LogP contribution in [0.25, 0.3) is 0 Å². The molecule has 0 aliphatic rings. The Balaban J connectivity index is 2.23. The molecule has 134 valence electrons. The molecule has 0 unspecified atom stereocenters. The molecule has 3 N–H and O–H groups in total. The standard InChI is InChI=1S/C19H31N3O2/c1-14-11-15(2)13-16(12-14)22-18(20)21-10-8-6-7-9-17(23)24-19(3,4)5/h11-13H,6-10H2,1-5H3,(H3,20,21,22). The first-order valence-electron chi connectivity index (χ1n) is 8.53. The van der Waals surface area contributed by atoms with E-state index in [0.717, 1.165) is 24.9 Å². The maximum Gasteiger partial charge on any atom is 0.306 e. The first-order chi connectivity index (χ1) is 11.2. The van der Waals surface area contributed by atoms with Gasteiger partial charge in [0.1, 0.15) is 5.60 Å². The largest absolute Gasteiger partial charge is 0.460 e. The third-order valence-corrected chi connectivity index (χ3v) is 3.24. The Labute approximate surface area is 145 Å². The quantitative estimate of drug-likeness (QED) is 0.343. The lowest BCUT2D eigenvalue weighted by atomic mass is 10.1. The first-order valence-corrected chi connectivity index (χ1v) is 8.53. The molecule has 1 aromatic carbocycles. The van der Waals surface area contributed by atoms with Crippen LogP contribution in [-0.4, -0.2) is 24.1 Å². The van der Waals surface area contributed by atoms with Crippen LogP contribution < -0.4 is 11.1 Å². The van der Waals surface area contributed by atoms with Crippen LogP contribution in [-0.2, 0) is 9.53 Å². The highest BCUT2D eigenvalue weighted by Gasteiger charge is 2.15. The van der Waals surface area contributed by atoms with E-state index in [1.165, 1.54) is 11.1 Å². The normalized spacial score (nSPS) is 12.1. The fourth-order valence-electron chi connectivity index (χ4n) is 2.38. The highest BCUT2D eigenvalue weighted by atomic mass is 16.6. The number of benzene rings is 1. The van der Waals surface area contributed by atoms with E-state index in [-0.39, 0.29) is 5.97 Å². The number of aliphatic imine (C=N–C) groups is 1. The highest BCUT2D eigenvalue weighted by Crippen LogP contribution is 2.13. The summed E-state index contributed by atoms with van der Waals surface area (Å²) in [6.45, 7) is 10.4. The maximum atomic E-state index is 11.6. The lowest BCUT2D eigenvalue weighted by Gasteiger charge is -2.19. The van der Waals surface area contributed by atoms with E-state index >= 15 is 0 Å². The highest BCUT2D eigenvalue weighted by molar-refractivity contribution is 5.92. The van der Waals surface area contributed by atoms with Crippen LogP contribution in [0.1, 0.15) is 57.6 Å². The zero-order chi connectivity index (χ0) is 18.2. The van der Waals surface area contributed by atoms with Crippen molar-refractivity contribution < 1.29 is 9.53 Å². The number of carbonyl (C=O) groups is 1. The molecule has 5 heteroatoms. The summed E-state index contributed by atoms with van der Waals surface area (Å²) in [4.78, 5) is 15.9. The Morgan fingerprint density at radius 2 is 1.75 bits per heavy atom. The van der Waals surface area contributed by atoms with Gasteiger partial charge in [-0.15, -0.1) is 0 Å². The van der Waals surface area contributed by atoms with Crippen molar-refractivity contribution in [3.63, 3.8) is 0 Å². The molecule has 0 atom stereocenters. The maximum absolute atomic E-state index is 11.6. The van der Waals surface area contributed by atoms with Gasteiger partial charge >= 0.3 is 5.97 Å². The molecule has 5 nitrogen and oxygen atoms in total. The predicted molar refractivity (Wildman–Crippen MR) is 100 cm³/mol. The lowest BCUT2D eigenvalue weighted by Crippen LogP contribution is -2.23. The number of nitrogens with one attached hydrogen (secondary N) is 1. The van der Waals surface area contributed by atoms with Gasteiger partial charge in [-0.3, -0.25) is 9.79 Å². The molecule has 0 aliphatic heterocycles. The monoisotopic (exact) mass is 333 g/mol. The Hall–Kier alpha value is -2.04. The summed E-state index contributed by atoms with van der Waals surface area (Å²) in [6, 6.07) is 6.19. The molecule has 0 fully saturated rings. The number of anilines is 1. The number of hydrogen-bond acceptors (Lipinski definition) is 3. The average molecular weight is 333 g/mol. The fraction of sp³-hybridized carbons (Fsp3) is 0.579. The number of hydrogen-bond donors (Lipinski definition) is 2. The summed E-state index contributed by atoms with van der Waals surface area (Å²) < 4.78 is 5.27. The topological polar surface area (TPSA) is 76.7 Å². The van der Waals surface area contributed by atoms with E-state index in [0.29, 0.717) is 18.9 Å². The second-order valence-corrected chi connectivity index (χ2v) is 7.17.